The summed E-state index contributed by atoms with van der Waals surface area (Å²) in [4.78, 5) is 14.0. The molecule has 1 aromatic carbocycles. The number of methoxy groups -OCH3 is 1. The Morgan fingerprint density at radius 3 is 2.52 bits per heavy atom. The van der Waals surface area contributed by atoms with Crippen LogP contribution < -0.4 is 15.0 Å². The number of hydrogen-bond donors (Lipinski definition) is 1. The van der Waals surface area contributed by atoms with E-state index in [1.165, 1.54) is 11.3 Å². The molecule has 1 N–H and O–H groups in total. The number of pyridine rings is 1. The van der Waals surface area contributed by atoms with Crippen molar-refractivity contribution in [1.29, 1.82) is 0 Å². The lowest BCUT2D eigenvalue weighted by Crippen LogP contribution is -2.52. The third kappa shape index (κ3) is 5.41. The second-order valence-electron chi connectivity index (χ2n) is 7.55. The van der Waals surface area contributed by atoms with Gasteiger partial charge in [-0.2, -0.15) is 0 Å². The highest BCUT2D eigenvalue weighted by atomic mass is 127. The van der Waals surface area contributed by atoms with E-state index in [1.807, 2.05) is 25.4 Å². The van der Waals surface area contributed by atoms with Crippen LogP contribution >= 0.6 is 24.0 Å². The van der Waals surface area contributed by atoms with Gasteiger partial charge < -0.3 is 24.3 Å². The summed E-state index contributed by atoms with van der Waals surface area (Å²) in [5.41, 5.74) is 4.56. The van der Waals surface area contributed by atoms with Crippen LogP contribution in [0.3, 0.4) is 0 Å². The highest BCUT2D eigenvalue weighted by Crippen LogP contribution is 2.20. The summed E-state index contributed by atoms with van der Waals surface area (Å²) in [5.74, 6) is 1.85. The Labute approximate surface area is 201 Å². The van der Waals surface area contributed by atoms with E-state index >= 15 is 0 Å². The van der Waals surface area contributed by atoms with Crippen molar-refractivity contribution in [2.24, 2.45) is 4.99 Å². The summed E-state index contributed by atoms with van der Waals surface area (Å²) < 4.78 is 7.35. The minimum Gasteiger partial charge on any atom is -0.497 e. The van der Waals surface area contributed by atoms with E-state index < -0.39 is 0 Å². The normalized spacial score (nSPS) is 14.5. The minimum atomic E-state index is 0. The highest BCUT2D eigenvalue weighted by Gasteiger charge is 2.19. The number of nitrogens with one attached hydrogen (secondary N) is 1. The number of fused-ring (bicyclic) bond motifs is 1. The Morgan fingerprint density at radius 2 is 1.87 bits per heavy atom. The maximum atomic E-state index is 5.26. The fourth-order valence-corrected chi connectivity index (χ4v) is 3.93. The largest absolute Gasteiger partial charge is 0.497 e. The summed E-state index contributed by atoms with van der Waals surface area (Å²) in [5, 5.41) is 3.51. The van der Waals surface area contributed by atoms with Gasteiger partial charge in [0.1, 0.15) is 11.4 Å². The molecule has 0 aliphatic carbocycles. The number of piperazine rings is 1. The summed E-state index contributed by atoms with van der Waals surface area (Å²) in [6.45, 7) is 6.74. The molecule has 1 fully saturated rings. The lowest BCUT2D eigenvalue weighted by Gasteiger charge is -2.37. The predicted molar refractivity (Wildman–Crippen MR) is 137 cm³/mol. The van der Waals surface area contributed by atoms with E-state index in [0.29, 0.717) is 0 Å². The number of aryl methyl sites for hydroxylation is 1. The average molecular weight is 534 g/mol. The number of ether oxygens (including phenoxy) is 1. The molecule has 3 aromatic rings. The minimum absolute atomic E-state index is 0. The smallest absolute Gasteiger partial charge is 0.193 e. The number of hydrogen-bond acceptors (Lipinski definition) is 4. The first-order valence-electron chi connectivity index (χ1n) is 10.5. The van der Waals surface area contributed by atoms with Gasteiger partial charge in [0.25, 0.3) is 0 Å². The molecule has 8 heteroatoms. The third-order valence-electron chi connectivity index (χ3n) is 5.62. The number of anilines is 1. The monoisotopic (exact) mass is 534 g/mol. The summed E-state index contributed by atoms with van der Waals surface area (Å²) in [7, 11) is 3.55. The number of aliphatic imine (C=N–C) groups is 1. The van der Waals surface area contributed by atoms with Gasteiger partial charge in [-0.15, -0.1) is 24.0 Å². The lowest BCUT2D eigenvalue weighted by atomic mass is 10.2. The number of imidazole rings is 1. The van der Waals surface area contributed by atoms with Gasteiger partial charge in [0.15, 0.2) is 5.96 Å². The maximum Gasteiger partial charge on any atom is 0.193 e. The van der Waals surface area contributed by atoms with Crippen molar-refractivity contribution < 1.29 is 4.74 Å². The molecule has 31 heavy (non-hydrogen) atoms. The molecule has 2 aromatic heterocycles. The van der Waals surface area contributed by atoms with Crippen molar-refractivity contribution in [3.05, 3.63) is 60.0 Å². The average Bonchev–Trinajstić information content (AvgIpc) is 3.21. The fourth-order valence-electron chi connectivity index (χ4n) is 3.93. The van der Waals surface area contributed by atoms with E-state index in [-0.39, 0.29) is 24.0 Å². The molecule has 0 spiro atoms. The van der Waals surface area contributed by atoms with E-state index in [2.05, 4.69) is 61.9 Å². The van der Waals surface area contributed by atoms with Crippen molar-refractivity contribution >= 4 is 41.3 Å². The molecular weight excluding hydrogens is 503 g/mol. The predicted octanol–water partition coefficient (Wildman–Crippen LogP) is 3.21. The van der Waals surface area contributed by atoms with Gasteiger partial charge in [-0.25, -0.2) is 4.98 Å². The van der Waals surface area contributed by atoms with Gasteiger partial charge in [0, 0.05) is 64.3 Å². The summed E-state index contributed by atoms with van der Waals surface area (Å²) >= 11 is 0. The Hall–Kier alpha value is -2.49. The number of aromatic nitrogens is 2. The Morgan fingerprint density at radius 1 is 1.13 bits per heavy atom. The van der Waals surface area contributed by atoms with Crippen LogP contribution in [0.1, 0.15) is 11.3 Å². The maximum absolute atomic E-state index is 5.26. The zero-order chi connectivity index (χ0) is 20.9. The third-order valence-corrected chi connectivity index (χ3v) is 5.62. The molecule has 0 saturated carbocycles. The van der Waals surface area contributed by atoms with Gasteiger partial charge in [-0.1, -0.05) is 6.07 Å². The van der Waals surface area contributed by atoms with Crippen LogP contribution in [0.2, 0.25) is 0 Å². The van der Waals surface area contributed by atoms with Crippen LogP contribution in [0, 0.1) is 6.92 Å². The molecule has 0 radical (unpaired) electrons. The van der Waals surface area contributed by atoms with Gasteiger partial charge in [0.05, 0.1) is 12.8 Å². The number of guanidine groups is 1. The van der Waals surface area contributed by atoms with Gasteiger partial charge in [-0.3, -0.25) is 4.99 Å². The van der Waals surface area contributed by atoms with E-state index in [1.54, 1.807) is 7.11 Å². The van der Waals surface area contributed by atoms with Crippen molar-refractivity contribution in [3.63, 3.8) is 0 Å². The summed E-state index contributed by atoms with van der Waals surface area (Å²) in [6, 6.07) is 12.4. The second kappa shape index (κ2) is 10.7. The Bertz CT molecular complexity index is 1010. The Kier molecular flexibility index (Phi) is 8.00. The van der Waals surface area contributed by atoms with Crippen LogP contribution in [0.15, 0.2) is 53.8 Å². The molecule has 0 unspecified atom stereocenters. The van der Waals surface area contributed by atoms with Crippen LogP contribution in [-0.2, 0) is 6.42 Å². The van der Waals surface area contributed by atoms with E-state index in [0.717, 1.165) is 62.2 Å². The van der Waals surface area contributed by atoms with Crippen LogP contribution in [0.4, 0.5) is 5.69 Å². The van der Waals surface area contributed by atoms with Crippen molar-refractivity contribution in [1.82, 2.24) is 19.6 Å². The van der Waals surface area contributed by atoms with Gasteiger partial charge in [0.2, 0.25) is 0 Å². The fraction of sp³-hybridized carbons (Fsp3) is 0.391. The second-order valence-corrected chi connectivity index (χ2v) is 7.55. The topological polar surface area (TPSA) is 57.4 Å². The molecule has 0 atom stereocenters. The molecule has 166 valence electrons. The van der Waals surface area contributed by atoms with Crippen LogP contribution in [-0.4, -0.2) is 67.1 Å². The SMILES string of the molecule is CN=C(NCCc1cn2cccc(C)c2n1)N1CCN(c2ccc(OC)cc2)CC1.I. The number of rotatable bonds is 5. The van der Waals surface area contributed by atoms with E-state index in [9.17, 15) is 0 Å². The van der Waals surface area contributed by atoms with E-state index in [4.69, 9.17) is 9.72 Å². The molecule has 0 amide bonds. The molecule has 1 aliphatic heterocycles. The first-order chi connectivity index (χ1) is 14.7. The van der Waals surface area contributed by atoms with Crippen molar-refractivity contribution in [3.8, 4) is 5.75 Å². The first-order valence-corrected chi connectivity index (χ1v) is 10.5. The van der Waals surface area contributed by atoms with Gasteiger partial charge in [-0.05, 0) is 42.8 Å². The number of benzene rings is 1. The van der Waals surface area contributed by atoms with Crippen molar-refractivity contribution in [2.45, 2.75) is 13.3 Å². The first kappa shape index (κ1) is 23.2. The highest BCUT2D eigenvalue weighted by molar-refractivity contribution is 14.0. The lowest BCUT2D eigenvalue weighted by molar-refractivity contribution is 0.372. The molecule has 3 heterocycles. The number of halogens is 1. The molecule has 7 nitrogen and oxygen atoms in total. The Balaban J connectivity index is 0.00000272. The zero-order valence-corrected chi connectivity index (χ0v) is 20.7. The quantitative estimate of drug-likeness (QED) is 0.310. The van der Waals surface area contributed by atoms with Gasteiger partial charge >= 0.3 is 0 Å². The molecule has 1 saturated heterocycles. The number of nitrogens with zero attached hydrogens (tertiary/aromatic N) is 5. The van der Waals surface area contributed by atoms with Crippen LogP contribution in [0.25, 0.3) is 5.65 Å². The van der Waals surface area contributed by atoms with Crippen LogP contribution in [0.5, 0.6) is 5.75 Å². The summed E-state index contributed by atoms with van der Waals surface area (Å²) in [6.07, 6.45) is 5.03. The molecule has 4 rings (SSSR count). The molecule has 1 aliphatic rings. The molecule has 0 bridgehead atoms. The zero-order valence-electron chi connectivity index (χ0n) is 18.4. The standard InChI is InChI=1S/C23H30N6O.HI/c1-18-5-4-12-29-17-19(26-22(18)29)10-11-25-23(24-2)28-15-13-27(14-16-28)20-6-8-21(30-3)9-7-20;/h4-9,12,17H,10-11,13-16H2,1-3H3,(H,24,25);1H. The molecular formula is C23H31IN6O. The van der Waals surface area contributed by atoms with Crippen molar-refractivity contribution in [2.75, 3.05) is 51.8 Å².